The van der Waals surface area contributed by atoms with E-state index in [9.17, 15) is 19.1 Å². The van der Waals surface area contributed by atoms with E-state index in [0.29, 0.717) is 0 Å². The Hall–Kier alpha value is -3.45. The van der Waals surface area contributed by atoms with E-state index in [1.54, 1.807) is 0 Å². The molecule has 3 rings (SSSR count). The van der Waals surface area contributed by atoms with Crippen LogP contribution in [0.15, 0.2) is 71.5 Å². The van der Waals surface area contributed by atoms with Gasteiger partial charge in [0.1, 0.15) is 12.1 Å². The molecule has 7 heteroatoms. The maximum Gasteiger partial charge on any atom is 0.258 e. The molecule has 2 amide bonds. The van der Waals surface area contributed by atoms with Crippen LogP contribution in [0.4, 0.5) is 10.1 Å². The van der Waals surface area contributed by atoms with Gasteiger partial charge in [-0.3, -0.25) is 9.59 Å². The van der Waals surface area contributed by atoms with Gasteiger partial charge in [-0.15, -0.1) is 0 Å². The monoisotopic (exact) mass is 424 g/mol. The van der Waals surface area contributed by atoms with Crippen LogP contribution in [0, 0.1) is 11.2 Å². The molecule has 31 heavy (non-hydrogen) atoms. The number of nitrogens with one attached hydrogen (secondary N) is 2. The van der Waals surface area contributed by atoms with E-state index >= 15 is 0 Å². The molecule has 3 N–H and O–H groups in total. The average Bonchev–Trinajstić information content (AvgIpc) is 3.29. The molecular formula is C24H25FN2O4. The molecule has 1 atom stereocenters. The summed E-state index contributed by atoms with van der Waals surface area (Å²) >= 11 is 0. The van der Waals surface area contributed by atoms with E-state index in [1.807, 2.05) is 44.2 Å². The predicted octanol–water partition coefficient (Wildman–Crippen LogP) is 4.20. The molecule has 2 aromatic carbocycles. The normalized spacial score (nSPS) is 12.3. The molecule has 0 aliphatic rings. The number of aliphatic hydroxyl groups is 1. The summed E-state index contributed by atoms with van der Waals surface area (Å²) in [6.45, 7) is 4.03. The smallest absolute Gasteiger partial charge is 0.258 e. The Kier molecular flexibility index (Phi) is 6.87. The summed E-state index contributed by atoms with van der Waals surface area (Å²) in [5, 5.41) is 15.3. The van der Waals surface area contributed by atoms with Crippen molar-refractivity contribution in [1.82, 2.24) is 5.32 Å². The first-order valence-corrected chi connectivity index (χ1v) is 9.89. The fourth-order valence-corrected chi connectivity index (χ4v) is 3.34. The van der Waals surface area contributed by atoms with Crippen LogP contribution in [0.3, 0.4) is 0 Å². The third-order valence-corrected chi connectivity index (χ3v) is 5.28. The van der Waals surface area contributed by atoms with Gasteiger partial charge in [0.25, 0.3) is 11.8 Å². The Morgan fingerprint density at radius 1 is 1.10 bits per heavy atom. The second kappa shape index (κ2) is 9.57. The lowest BCUT2D eigenvalue weighted by Gasteiger charge is -2.33. The van der Waals surface area contributed by atoms with Crippen LogP contribution in [-0.4, -0.2) is 30.1 Å². The zero-order valence-electron chi connectivity index (χ0n) is 17.4. The predicted molar refractivity (Wildman–Crippen MR) is 115 cm³/mol. The lowest BCUT2D eigenvalue weighted by atomic mass is 9.75. The number of furan rings is 1. The Bertz CT molecular complexity index is 1030. The lowest BCUT2D eigenvalue weighted by Crippen LogP contribution is -2.37. The summed E-state index contributed by atoms with van der Waals surface area (Å²) in [6.07, 6.45) is 2.61. The van der Waals surface area contributed by atoms with Crippen LogP contribution < -0.4 is 10.6 Å². The van der Waals surface area contributed by atoms with Gasteiger partial charge in [0, 0.05) is 19.1 Å². The summed E-state index contributed by atoms with van der Waals surface area (Å²) in [5.74, 6) is -1.72. The topological polar surface area (TPSA) is 91.6 Å². The highest BCUT2D eigenvalue weighted by molar-refractivity contribution is 6.08. The van der Waals surface area contributed by atoms with Crippen molar-refractivity contribution in [3.63, 3.8) is 0 Å². The minimum Gasteiger partial charge on any atom is -0.472 e. The van der Waals surface area contributed by atoms with Gasteiger partial charge in [0.05, 0.1) is 23.1 Å². The van der Waals surface area contributed by atoms with Crippen molar-refractivity contribution in [2.45, 2.75) is 19.8 Å². The van der Waals surface area contributed by atoms with Crippen molar-refractivity contribution in [1.29, 1.82) is 0 Å². The second-order valence-corrected chi connectivity index (χ2v) is 7.98. The Labute approximate surface area is 180 Å². The van der Waals surface area contributed by atoms with Gasteiger partial charge < -0.3 is 20.2 Å². The molecule has 6 nitrogen and oxygen atoms in total. The standard InChI is InChI=1S/C24H25FN2O4/c1-24(2,15-28)20(16-6-4-3-5-7-16)13-26-23(30)19-9-8-18(25)12-21(19)27-22(29)17-10-11-31-14-17/h3-12,14,20,28H,13,15H2,1-2H3,(H,26,30)(H,27,29)/t20-/m0/s1. The van der Waals surface area contributed by atoms with E-state index in [4.69, 9.17) is 4.42 Å². The van der Waals surface area contributed by atoms with Gasteiger partial charge in [-0.05, 0) is 35.2 Å². The number of halogens is 1. The fourth-order valence-electron chi connectivity index (χ4n) is 3.34. The number of carbonyl (C=O) groups is 2. The van der Waals surface area contributed by atoms with Crippen molar-refractivity contribution < 1.29 is 23.5 Å². The third-order valence-electron chi connectivity index (χ3n) is 5.28. The number of rotatable bonds is 8. The summed E-state index contributed by atoms with van der Waals surface area (Å²) in [6, 6.07) is 14.7. The van der Waals surface area contributed by atoms with Crippen molar-refractivity contribution in [3.8, 4) is 0 Å². The van der Waals surface area contributed by atoms with Crippen LogP contribution >= 0.6 is 0 Å². The van der Waals surface area contributed by atoms with E-state index in [-0.39, 0.29) is 35.9 Å². The molecule has 3 aromatic rings. The van der Waals surface area contributed by atoms with E-state index < -0.39 is 23.0 Å². The Balaban J connectivity index is 1.80. The summed E-state index contributed by atoms with van der Waals surface area (Å²) in [7, 11) is 0. The SMILES string of the molecule is CC(C)(CO)[C@@H](CNC(=O)c1ccc(F)cc1NC(=O)c1ccoc1)c1ccccc1. The highest BCUT2D eigenvalue weighted by atomic mass is 19.1. The number of aliphatic hydroxyl groups excluding tert-OH is 1. The largest absolute Gasteiger partial charge is 0.472 e. The maximum absolute atomic E-state index is 13.8. The van der Waals surface area contributed by atoms with Gasteiger partial charge in [-0.2, -0.15) is 0 Å². The Morgan fingerprint density at radius 2 is 1.84 bits per heavy atom. The zero-order valence-corrected chi connectivity index (χ0v) is 17.4. The number of amides is 2. The molecular weight excluding hydrogens is 399 g/mol. The molecule has 0 saturated heterocycles. The molecule has 1 heterocycles. The van der Waals surface area contributed by atoms with Crippen LogP contribution in [-0.2, 0) is 0 Å². The molecule has 1 aromatic heterocycles. The molecule has 0 aliphatic heterocycles. The van der Waals surface area contributed by atoms with Gasteiger partial charge in [-0.1, -0.05) is 44.2 Å². The van der Waals surface area contributed by atoms with Crippen LogP contribution in [0.5, 0.6) is 0 Å². The minimum absolute atomic E-state index is 0.0568. The molecule has 0 unspecified atom stereocenters. The summed E-state index contributed by atoms with van der Waals surface area (Å²) < 4.78 is 18.7. The van der Waals surface area contributed by atoms with E-state index in [0.717, 1.165) is 17.7 Å². The zero-order chi connectivity index (χ0) is 22.4. The lowest BCUT2D eigenvalue weighted by molar-refractivity contribution is 0.0921. The van der Waals surface area contributed by atoms with Crippen molar-refractivity contribution in [2.75, 3.05) is 18.5 Å². The molecule has 0 radical (unpaired) electrons. The molecule has 0 spiro atoms. The maximum atomic E-state index is 13.8. The molecule has 0 bridgehead atoms. The van der Waals surface area contributed by atoms with Gasteiger partial charge >= 0.3 is 0 Å². The highest BCUT2D eigenvalue weighted by Gasteiger charge is 2.31. The summed E-state index contributed by atoms with van der Waals surface area (Å²) in [5.41, 5.74) is 0.933. The Morgan fingerprint density at radius 3 is 2.48 bits per heavy atom. The highest BCUT2D eigenvalue weighted by Crippen LogP contribution is 2.34. The van der Waals surface area contributed by atoms with Crippen molar-refractivity contribution in [3.05, 3.63) is 89.6 Å². The number of benzene rings is 2. The molecule has 0 aliphatic carbocycles. The van der Waals surface area contributed by atoms with Gasteiger partial charge in [0.2, 0.25) is 0 Å². The first kappa shape index (κ1) is 22.2. The van der Waals surface area contributed by atoms with E-state index in [1.165, 1.54) is 24.7 Å². The quantitative estimate of drug-likeness (QED) is 0.505. The molecule has 162 valence electrons. The van der Waals surface area contributed by atoms with Crippen LogP contribution in [0.1, 0.15) is 46.0 Å². The number of anilines is 1. The minimum atomic E-state index is -0.581. The first-order chi connectivity index (χ1) is 14.8. The van der Waals surface area contributed by atoms with Crippen LogP contribution in [0.2, 0.25) is 0 Å². The molecule has 0 saturated carbocycles. The molecule has 0 fully saturated rings. The third kappa shape index (κ3) is 5.38. The van der Waals surface area contributed by atoms with E-state index in [2.05, 4.69) is 10.6 Å². The fraction of sp³-hybridized carbons (Fsp3) is 0.250. The second-order valence-electron chi connectivity index (χ2n) is 7.98. The van der Waals surface area contributed by atoms with Crippen molar-refractivity contribution >= 4 is 17.5 Å². The van der Waals surface area contributed by atoms with Gasteiger partial charge in [0.15, 0.2) is 0 Å². The van der Waals surface area contributed by atoms with Crippen LogP contribution in [0.25, 0.3) is 0 Å². The average molecular weight is 424 g/mol. The summed E-state index contributed by atoms with van der Waals surface area (Å²) in [4.78, 5) is 25.3. The number of hydrogen-bond donors (Lipinski definition) is 3. The number of hydrogen-bond acceptors (Lipinski definition) is 4. The first-order valence-electron chi connectivity index (χ1n) is 9.89. The van der Waals surface area contributed by atoms with Gasteiger partial charge in [-0.25, -0.2) is 4.39 Å². The number of carbonyl (C=O) groups excluding carboxylic acids is 2. The van der Waals surface area contributed by atoms with Crippen molar-refractivity contribution in [2.24, 2.45) is 5.41 Å².